The van der Waals surface area contributed by atoms with Crippen molar-refractivity contribution in [3.05, 3.63) is 66.3 Å². The number of halogens is 1. The maximum Gasteiger partial charge on any atom is 0.224 e. The van der Waals surface area contributed by atoms with Crippen LogP contribution in [0.1, 0.15) is 37.0 Å². The molecule has 1 aliphatic rings. The predicted octanol–water partition coefficient (Wildman–Crippen LogP) is 5.07. The highest BCUT2D eigenvalue weighted by Gasteiger charge is 2.28. The SMILES string of the molecule is O=C(CCc1ncc(-c2ccc(F)cc2)o1)Nc1ccc2oc(C3CC3)nc2c1. The van der Waals surface area contributed by atoms with Crippen molar-refractivity contribution >= 4 is 22.7 Å². The Morgan fingerprint density at radius 2 is 1.97 bits per heavy atom. The maximum absolute atomic E-state index is 13.0. The van der Waals surface area contributed by atoms with Gasteiger partial charge in [-0.25, -0.2) is 14.4 Å². The highest BCUT2D eigenvalue weighted by Crippen LogP contribution is 2.40. The Morgan fingerprint density at radius 1 is 1.14 bits per heavy atom. The molecule has 6 nitrogen and oxygen atoms in total. The van der Waals surface area contributed by atoms with Crippen molar-refractivity contribution < 1.29 is 18.0 Å². The zero-order chi connectivity index (χ0) is 19.8. The fraction of sp³-hybridized carbons (Fsp3) is 0.227. The number of anilines is 1. The lowest BCUT2D eigenvalue weighted by Crippen LogP contribution is -2.12. The van der Waals surface area contributed by atoms with Crippen molar-refractivity contribution in [1.82, 2.24) is 9.97 Å². The molecule has 1 amide bonds. The Hall–Kier alpha value is -3.48. The molecule has 1 N–H and O–H groups in total. The standard InChI is InChI=1S/C22H18FN3O3/c23-15-5-3-13(4-6-15)19-12-24-21(28-19)10-9-20(27)25-16-7-8-18-17(11-16)26-22(29-18)14-1-2-14/h3-8,11-12,14H,1-2,9-10H2,(H,25,27). The summed E-state index contributed by atoms with van der Waals surface area (Å²) in [5.41, 5.74) is 2.90. The molecular weight excluding hydrogens is 373 g/mol. The van der Waals surface area contributed by atoms with E-state index in [9.17, 15) is 9.18 Å². The molecule has 0 spiro atoms. The molecule has 0 radical (unpaired) electrons. The normalized spacial score (nSPS) is 13.7. The summed E-state index contributed by atoms with van der Waals surface area (Å²) >= 11 is 0. The molecule has 0 bridgehead atoms. The molecule has 0 unspecified atom stereocenters. The minimum absolute atomic E-state index is 0.142. The third-order valence-corrected chi connectivity index (χ3v) is 4.86. The number of aryl methyl sites for hydroxylation is 1. The summed E-state index contributed by atoms with van der Waals surface area (Å²) in [5.74, 6) is 1.78. The number of nitrogens with zero attached hydrogens (tertiary/aromatic N) is 2. The fourth-order valence-electron chi connectivity index (χ4n) is 3.15. The molecule has 4 aromatic rings. The molecule has 29 heavy (non-hydrogen) atoms. The minimum Gasteiger partial charge on any atom is -0.441 e. The van der Waals surface area contributed by atoms with Crippen LogP contribution in [0.5, 0.6) is 0 Å². The molecule has 7 heteroatoms. The number of hydrogen-bond donors (Lipinski definition) is 1. The van der Waals surface area contributed by atoms with Crippen LogP contribution in [0.15, 0.2) is 57.5 Å². The van der Waals surface area contributed by atoms with E-state index in [1.807, 2.05) is 12.1 Å². The van der Waals surface area contributed by atoms with E-state index < -0.39 is 0 Å². The maximum atomic E-state index is 13.0. The van der Waals surface area contributed by atoms with Gasteiger partial charge < -0.3 is 14.2 Å². The van der Waals surface area contributed by atoms with Gasteiger partial charge >= 0.3 is 0 Å². The van der Waals surface area contributed by atoms with Crippen LogP contribution in [0.4, 0.5) is 10.1 Å². The van der Waals surface area contributed by atoms with E-state index in [0.717, 1.165) is 35.4 Å². The van der Waals surface area contributed by atoms with Crippen molar-refractivity contribution in [3.8, 4) is 11.3 Å². The van der Waals surface area contributed by atoms with Crippen LogP contribution < -0.4 is 5.32 Å². The summed E-state index contributed by atoms with van der Waals surface area (Å²) in [7, 11) is 0. The van der Waals surface area contributed by atoms with Crippen molar-refractivity contribution in [2.75, 3.05) is 5.32 Å². The number of nitrogens with one attached hydrogen (secondary N) is 1. The third kappa shape index (κ3) is 3.89. The van der Waals surface area contributed by atoms with Gasteiger partial charge in [0.2, 0.25) is 5.91 Å². The van der Waals surface area contributed by atoms with Crippen LogP contribution in [-0.4, -0.2) is 15.9 Å². The number of aromatic nitrogens is 2. The summed E-state index contributed by atoms with van der Waals surface area (Å²) in [6.45, 7) is 0. The molecule has 146 valence electrons. The van der Waals surface area contributed by atoms with E-state index >= 15 is 0 Å². The summed E-state index contributed by atoms with van der Waals surface area (Å²) in [4.78, 5) is 21.0. The minimum atomic E-state index is -0.308. The van der Waals surface area contributed by atoms with Crippen molar-refractivity contribution in [3.63, 3.8) is 0 Å². The van der Waals surface area contributed by atoms with Gasteiger partial charge in [-0.2, -0.15) is 0 Å². The van der Waals surface area contributed by atoms with Gasteiger partial charge in [-0.05, 0) is 55.3 Å². The van der Waals surface area contributed by atoms with Crippen LogP contribution in [0.2, 0.25) is 0 Å². The lowest BCUT2D eigenvalue weighted by atomic mass is 10.2. The van der Waals surface area contributed by atoms with Crippen LogP contribution >= 0.6 is 0 Å². The second-order valence-corrected chi connectivity index (χ2v) is 7.18. The topological polar surface area (TPSA) is 81.2 Å². The van der Waals surface area contributed by atoms with Crippen molar-refractivity contribution in [2.45, 2.75) is 31.6 Å². The van der Waals surface area contributed by atoms with Gasteiger partial charge in [-0.1, -0.05) is 0 Å². The number of amides is 1. The molecule has 2 heterocycles. The monoisotopic (exact) mass is 391 g/mol. The number of carbonyl (C=O) groups is 1. The average Bonchev–Trinajstić information content (AvgIpc) is 3.31. The second kappa shape index (κ2) is 7.16. The molecular formula is C22H18FN3O3. The smallest absolute Gasteiger partial charge is 0.224 e. The lowest BCUT2D eigenvalue weighted by Gasteiger charge is -2.03. The molecule has 0 atom stereocenters. The molecule has 5 rings (SSSR count). The first-order chi connectivity index (χ1) is 14.1. The van der Waals surface area contributed by atoms with Crippen LogP contribution in [0.3, 0.4) is 0 Å². The zero-order valence-electron chi connectivity index (χ0n) is 15.5. The Kier molecular flexibility index (Phi) is 4.35. The molecule has 0 saturated heterocycles. The number of fused-ring (bicyclic) bond motifs is 1. The fourth-order valence-corrected chi connectivity index (χ4v) is 3.15. The summed E-state index contributed by atoms with van der Waals surface area (Å²) in [6, 6.07) is 11.4. The Balaban J connectivity index is 1.20. The number of benzene rings is 2. The van der Waals surface area contributed by atoms with E-state index in [4.69, 9.17) is 8.83 Å². The Morgan fingerprint density at radius 3 is 2.76 bits per heavy atom. The van der Waals surface area contributed by atoms with Gasteiger partial charge in [-0.3, -0.25) is 4.79 Å². The van der Waals surface area contributed by atoms with Crippen LogP contribution in [0, 0.1) is 5.82 Å². The number of oxazole rings is 2. The van der Waals surface area contributed by atoms with Crippen LogP contribution in [0.25, 0.3) is 22.4 Å². The van der Waals surface area contributed by atoms with E-state index in [1.165, 1.54) is 12.1 Å². The molecule has 2 aromatic carbocycles. The van der Waals surface area contributed by atoms with Crippen molar-refractivity contribution in [2.24, 2.45) is 0 Å². The van der Waals surface area contributed by atoms with Gasteiger partial charge in [0.1, 0.15) is 11.3 Å². The molecule has 0 aliphatic heterocycles. The summed E-state index contributed by atoms with van der Waals surface area (Å²) in [6.07, 6.45) is 4.43. The molecule has 1 fully saturated rings. The predicted molar refractivity (Wildman–Crippen MR) is 105 cm³/mol. The van der Waals surface area contributed by atoms with E-state index in [0.29, 0.717) is 29.7 Å². The Labute approximate surface area is 165 Å². The Bertz CT molecular complexity index is 1180. The molecule has 1 aliphatic carbocycles. The zero-order valence-corrected chi connectivity index (χ0v) is 15.5. The summed E-state index contributed by atoms with van der Waals surface area (Å²) in [5, 5.41) is 2.87. The first-order valence-corrected chi connectivity index (χ1v) is 9.55. The van der Waals surface area contributed by atoms with Crippen LogP contribution in [-0.2, 0) is 11.2 Å². The van der Waals surface area contributed by atoms with Gasteiger partial charge in [0.15, 0.2) is 23.1 Å². The molecule has 2 aromatic heterocycles. The van der Waals surface area contributed by atoms with E-state index in [-0.39, 0.29) is 18.1 Å². The first-order valence-electron chi connectivity index (χ1n) is 9.55. The highest BCUT2D eigenvalue weighted by atomic mass is 19.1. The van der Waals surface area contributed by atoms with E-state index in [2.05, 4.69) is 15.3 Å². The lowest BCUT2D eigenvalue weighted by molar-refractivity contribution is -0.116. The van der Waals surface area contributed by atoms with Gasteiger partial charge in [0, 0.05) is 30.0 Å². The van der Waals surface area contributed by atoms with Gasteiger partial charge in [0.25, 0.3) is 0 Å². The van der Waals surface area contributed by atoms with Gasteiger partial charge in [-0.15, -0.1) is 0 Å². The van der Waals surface area contributed by atoms with E-state index in [1.54, 1.807) is 24.4 Å². The number of rotatable bonds is 6. The number of carbonyl (C=O) groups excluding carboxylic acids is 1. The first kappa shape index (κ1) is 17.6. The summed E-state index contributed by atoms with van der Waals surface area (Å²) < 4.78 is 24.4. The average molecular weight is 391 g/mol. The quantitative estimate of drug-likeness (QED) is 0.496. The molecule has 1 saturated carbocycles. The highest BCUT2D eigenvalue weighted by molar-refractivity contribution is 5.92. The largest absolute Gasteiger partial charge is 0.441 e. The van der Waals surface area contributed by atoms with Crippen molar-refractivity contribution in [1.29, 1.82) is 0 Å². The third-order valence-electron chi connectivity index (χ3n) is 4.86. The second-order valence-electron chi connectivity index (χ2n) is 7.18. The number of hydrogen-bond acceptors (Lipinski definition) is 5. The van der Waals surface area contributed by atoms with Gasteiger partial charge in [0.05, 0.1) is 6.20 Å².